The van der Waals surface area contributed by atoms with Crippen molar-refractivity contribution in [3.63, 3.8) is 0 Å². The van der Waals surface area contributed by atoms with Crippen LogP contribution in [-0.4, -0.2) is 49.4 Å². The fourth-order valence-corrected chi connectivity index (χ4v) is 5.17. The van der Waals surface area contributed by atoms with Gasteiger partial charge in [0.15, 0.2) is 11.9 Å². The van der Waals surface area contributed by atoms with Crippen molar-refractivity contribution in [2.24, 2.45) is 0 Å². The monoisotopic (exact) mass is 488 g/mol. The highest BCUT2D eigenvalue weighted by molar-refractivity contribution is 5.66. The first-order valence-corrected chi connectivity index (χ1v) is 12.3. The van der Waals surface area contributed by atoms with Crippen LogP contribution in [0.15, 0.2) is 91.0 Å². The second kappa shape index (κ2) is 10.1. The molecule has 2 aliphatic rings. The zero-order valence-electron chi connectivity index (χ0n) is 20.8. The SMILES string of the molecule is CC(=O)O[C@@H]1[C@H]2OC(C)(C)OC[C@@H]2O[C@@H]1COC(c1ccccc1)(c1ccccc1)c1ccccc1. The molecule has 0 amide bonds. The van der Waals surface area contributed by atoms with Crippen molar-refractivity contribution in [3.05, 3.63) is 108 Å². The van der Waals surface area contributed by atoms with Gasteiger partial charge in [0.05, 0.1) is 13.2 Å². The highest BCUT2D eigenvalue weighted by Crippen LogP contribution is 2.42. The first-order valence-electron chi connectivity index (χ1n) is 12.3. The predicted octanol–water partition coefficient (Wildman–Crippen LogP) is 4.85. The third kappa shape index (κ3) is 4.82. The molecule has 4 atom stereocenters. The summed E-state index contributed by atoms with van der Waals surface area (Å²) in [4.78, 5) is 12.0. The Kier molecular flexibility index (Phi) is 6.95. The molecule has 0 N–H and O–H groups in total. The number of rotatable bonds is 7. The lowest BCUT2D eigenvalue weighted by Gasteiger charge is -2.38. The molecule has 36 heavy (non-hydrogen) atoms. The molecule has 0 bridgehead atoms. The minimum Gasteiger partial charge on any atom is -0.457 e. The highest BCUT2D eigenvalue weighted by atomic mass is 16.7. The van der Waals surface area contributed by atoms with Gasteiger partial charge in [0, 0.05) is 6.92 Å². The molecule has 0 aromatic heterocycles. The molecular formula is C30H32O6. The molecule has 3 aromatic rings. The lowest BCUT2D eigenvalue weighted by atomic mass is 9.80. The number of hydrogen-bond acceptors (Lipinski definition) is 6. The van der Waals surface area contributed by atoms with Gasteiger partial charge < -0.3 is 23.7 Å². The average Bonchev–Trinajstić information content (AvgIpc) is 3.21. The fourth-order valence-electron chi connectivity index (χ4n) is 5.17. The van der Waals surface area contributed by atoms with E-state index >= 15 is 0 Å². The van der Waals surface area contributed by atoms with Crippen molar-refractivity contribution in [2.45, 2.75) is 56.6 Å². The van der Waals surface area contributed by atoms with E-state index in [1.165, 1.54) is 6.92 Å². The Morgan fingerprint density at radius 1 is 0.889 bits per heavy atom. The Hall–Kier alpha value is -3.03. The number of carbonyl (C=O) groups excluding carboxylic acids is 1. The zero-order valence-corrected chi connectivity index (χ0v) is 20.8. The maximum Gasteiger partial charge on any atom is 0.303 e. The van der Waals surface area contributed by atoms with Crippen LogP contribution in [0.25, 0.3) is 0 Å². The zero-order chi connectivity index (χ0) is 25.2. The third-order valence-electron chi connectivity index (χ3n) is 6.73. The summed E-state index contributed by atoms with van der Waals surface area (Å²) in [6.07, 6.45) is -1.94. The second-order valence-electron chi connectivity index (χ2n) is 9.67. The molecule has 2 aliphatic heterocycles. The molecule has 6 heteroatoms. The summed E-state index contributed by atoms with van der Waals surface area (Å²) in [5, 5.41) is 0. The minimum absolute atomic E-state index is 0.174. The maximum atomic E-state index is 12.0. The normalized spacial score (nSPS) is 25.2. The van der Waals surface area contributed by atoms with Gasteiger partial charge in [0.25, 0.3) is 0 Å². The number of carbonyl (C=O) groups is 1. The summed E-state index contributed by atoms with van der Waals surface area (Å²) in [5.74, 6) is -1.18. The molecule has 3 aromatic carbocycles. The van der Waals surface area contributed by atoms with Gasteiger partial charge in [-0.15, -0.1) is 0 Å². The van der Waals surface area contributed by atoms with Crippen LogP contribution in [0.4, 0.5) is 0 Å². The summed E-state index contributed by atoms with van der Waals surface area (Å²) >= 11 is 0. The summed E-state index contributed by atoms with van der Waals surface area (Å²) in [7, 11) is 0. The summed E-state index contributed by atoms with van der Waals surface area (Å²) in [6, 6.07) is 30.4. The number of benzene rings is 3. The molecule has 6 nitrogen and oxygen atoms in total. The molecule has 0 aliphatic carbocycles. The quantitative estimate of drug-likeness (QED) is 0.350. The Morgan fingerprint density at radius 3 is 1.86 bits per heavy atom. The van der Waals surface area contributed by atoms with Crippen LogP contribution in [0.1, 0.15) is 37.5 Å². The van der Waals surface area contributed by atoms with E-state index in [-0.39, 0.29) is 18.7 Å². The second-order valence-corrected chi connectivity index (χ2v) is 9.67. The van der Waals surface area contributed by atoms with E-state index in [9.17, 15) is 4.79 Å². The molecule has 5 rings (SSSR count). The van der Waals surface area contributed by atoms with Crippen molar-refractivity contribution in [2.75, 3.05) is 13.2 Å². The summed E-state index contributed by atoms with van der Waals surface area (Å²) in [6.45, 7) is 5.63. The van der Waals surface area contributed by atoms with Crippen molar-refractivity contribution in [1.82, 2.24) is 0 Å². The molecule has 0 spiro atoms. The van der Waals surface area contributed by atoms with Crippen LogP contribution in [0, 0.1) is 0 Å². The van der Waals surface area contributed by atoms with Crippen LogP contribution in [-0.2, 0) is 34.1 Å². The summed E-state index contributed by atoms with van der Waals surface area (Å²) in [5.41, 5.74) is 2.06. The van der Waals surface area contributed by atoms with Gasteiger partial charge in [0.2, 0.25) is 0 Å². The fraction of sp³-hybridized carbons (Fsp3) is 0.367. The number of hydrogen-bond donors (Lipinski definition) is 0. The third-order valence-corrected chi connectivity index (χ3v) is 6.73. The summed E-state index contributed by atoms with van der Waals surface area (Å²) < 4.78 is 30.9. The van der Waals surface area contributed by atoms with Crippen molar-refractivity contribution < 1.29 is 28.5 Å². The van der Waals surface area contributed by atoms with Gasteiger partial charge in [-0.1, -0.05) is 91.0 Å². The molecule has 2 fully saturated rings. The maximum absolute atomic E-state index is 12.0. The number of ether oxygens (including phenoxy) is 5. The van der Waals surface area contributed by atoms with Crippen LogP contribution in [0.3, 0.4) is 0 Å². The molecule has 0 saturated carbocycles. The van der Waals surface area contributed by atoms with Crippen LogP contribution in [0.5, 0.6) is 0 Å². The molecule has 2 saturated heterocycles. The Bertz CT molecular complexity index is 1050. The van der Waals surface area contributed by atoms with Crippen LogP contribution in [0.2, 0.25) is 0 Å². The van der Waals surface area contributed by atoms with E-state index in [2.05, 4.69) is 36.4 Å². The number of fused-ring (bicyclic) bond motifs is 1. The molecule has 2 heterocycles. The standard InChI is InChI=1S/C30H32O6/c1-21(31)34-27-25(35-26-19-32-29(2,3)36-28(26)27)20-33-30(22-13-7-4-8-14-22,23-15-9-5-10-16-23)24-17-11-6-12-18-24/h4-18,25-28H,19-20H2,1-3H3/t25-,26+,27+,28+/m1/s1. The van der Waals surface area contributed by atoms with Gasteiger partial charge in [0.1, 0.15) is 23.9 Å². The first-order chi connectivity index (χ1) is 17.4. The topological polar surface area (TPSA) is 63.2 Å². The Balaban J connectivity index is 1.53. The molecule has 0 unspecified atom stereocenters. The van der Waals surface area contributed by atoms with E-state index in [1.807, 2.05) is 68.4 Å². The van der Waals surface area contributed by atoms with Gasteiger partial charge in [-0.2, -0.15) is 0 Å². The molecule has 188 valence electrons. The van der Waals surface area contributed by atoms with Gasteiger partial charge in [-0.25, -0.2) is 0 Å². The van der Waals surface area contributed by atoms with E-state index in [0.29, 0.717) is 6.61 Å². The van der Waals surface area contributed by atoms with E-state index in [1.54, 1.807) is 0 Å². The molecular weight excluding hydrogens is 456 g/mol. The van der Waals surface area contributed by atoms with E-state index in [4.69, 9.17) is 23.7 Å². The van der Waals surface area contributed by atoms with E-state index < -0.39 is 29.7 Å². The lowest BCUT2D eigenvalue weighted by molar-refractivity contribution is -0.300. The largest absolute Gasteiger partial charge is 0.457 e. The van der Waals surface area contributed by atoms with Crippen molar-refractivity contribution in [3.8, 4) is 0 Å². The average molecular weight is 489 g/mol. The van der Waals surface area contributed by atoms with Crippen LogP contribution >= 0.6 is 0 Å². The van der Waals surface area contributed by atoms with Crippen LogP contribution < -0.4 is 0 Å². The van der Waals surface area contributed by atoms with Gasteiger partial charge in [-0.05, 0) is 30.5 Å². The van der Waals surface area contributed by atoms with Gasteiger partial charge in [-0.3, -0.25) is 4.79 Å². The minimum atomic E-state index is -0.904. The smallest absolute Gasteiger partial charge is 0.303 e. The molecule has 0 radical (unpaired) electrons. The first kappa shape index (κ1) is 24.7. The highest BCUT2D eigenvalue weighted by Gasteiger charge is 2.53. The lowest BCUT2D eigenvalue weighted by Crippen LogP contribution is -2.51. The van der Waals surface area contributed by atoms with Crippen molar-refractivity contribution in [1.29, 1.82) is 0 Å². The predicted molar refractivity (Wildman–Crippen MR) is 134 cm³/mol. The Labute approximate surface area is 212 Å². The Morgan fingerprint density at radius 2 is 1.39 bits per heavy atom. The van der Waals surface area contributed by atoms with Gasteiger partial charge >= 0.3 is 5.97 Å². The van der Waals surface area contributed by atoms with Crippen molar-refractivity contribution >= 4 is 5.97 Å². The van der Waals surface area contributed by atoms with E-state index in [0.717, 1.165) is 16.7 Å². The number of esters is 1.